The van der Waals surface area contributed by atoms with E-state index < -0.39 is 27.6 Å². The zero-order valence-corrected chi connectivity index (χ0v) is 22.3. The molecule has 0 N–H and O–H groups in total. The van der Waals surface area contributed by atoms with Gasteiger partial charge >= 0.3 is 0 Å². The standard InChI is InChI=1S/C27H26F2N4O3S2/c1-2-21-8-4-6-14-33(21)38(35,36)22-11-9-18(10-12-22)26(34)32(17-20-7-3-5-13-30-20)27-31-25-23(29)15-19(28)16-24(25)37-27/h3,5,7,9-13,15-16,21H,2,4,6,8,14,17H2,1H3. The van der Waals surface area contributed by atoms with Gasteiger partial charge in [-0.25, -0.2) is 22.2 Å². The molecule has 1 fully saturated rings. The van der Waals surface area contributed by atoms with Crippen molar-refractivity contribution in [3.63, 3.8) is 0 Å². The third-order valence-electron chi connectivity index (χ3n) is 6.68. The Morgan fingerprint density at radius 2 is 1.92 bits per heavy atom. The molecule has 5 rings (SSSR count). The first-order valence-corrected chi connectivity index (χ1v) is 14.6. The Labute approximate surface area is 223 Å². The average molecular weight is 557 g/mol. The van der Waals surface area contributed by atoms with Crippen LogP contribution in [0.2, 0.25) is 0 Å². The van der Waals surface area contributed by atoms with Crippen molar-refractivity contribution in [3.8, 4) is 0 Å². The number of nitrogens with zero attached hydrogens (tertiary/aromatic N) is 4. The van der Waals surface area contributed by atoms with E-state index in [0.29, 0.717) is 12.2 Å². The minimum atomic E-state index is -3.70. The molecule has 38 heavy (non-hydrogen) atoms. The second-order valence-corrected chi connectivity index (χ2v) is 12.0. The van der Waals surface area contributed by atoms with E-state index >= 15 is 0 Å². The summed E-state index contributed by atoms with van der Waals surface area (Å²) in [5.74, 6) is -2.02. The van der Waals surface area contributed by atoms with Gasteiger partial charge in [-0.15, -0.1) is 0 Å². The van der Waals surface area contributed by atoms with Gasteiger partial charge < -0.3 is 0 Å². The predicted molar refractivity (Wildman–Crippen MR) is 143 cm³/mol. The van der Waals surface area contributed by atoms with Crippen LogP contribution in [0.4, 0.5) is 13.9 Å². The largest absolute Gasteiger partial charge is 0.278 e. The number of fused-ring (bicyclic) bond motifs is 1. The number of thiazole rings is 1. The van der Waals surface area contributed by atoms with E-state index in [1.54, 1.807) is 28.7 Å². The normalized spacial score (nSPS) is 16.6. The number of benzene rings is 2. The molecule has 1 amide bonds. The molecule has 1 unspecified atom stereocenters. The molecule has 7 nitrogen and oxygen atoms in total. The molecule has 0 radical (unpaired) electrons. The zero-order valence-electron chi connectivity index (χ0n) is 20.7. The maximum atomic E-state index is 14.4. The van der Waals surface area contributed by atoms with Crippen molar-refractivity contribution >= 4 is 42.6 Å². The summed E-state index contributed by atoms with van der Waals surface area (Å²) >= 11 is 0.989. The summed E-state index contributed by atoms with van der Waals surface area (Å²) in [7, 11) is -3.70. The molecule has 3 heterocycles. The van der Waals surface area contributed by atoms with E-state index in [-0.39, 0.29) is 38.4 Å². The first-order chi connectivity index (χ1) is 18.3. The summed E-state index contributed by atoms with van der Waals surface area (Å²) in [6.07, 6.45) is 5.00. The highest BCUT2D eigenvalue weighted by atomic mass is 32.2. The number of piperidine rings is 1. The van der Waals surface area contributed by atoms with Gasteiger partial charge in [0.1, 0.15) is 11.3 Å². The Kier molecular flexibility index (Phi) is 7.51. The summed E-state index contributed by atoms with van der Waals surface area (Å²) in [4.78, 5) is 23.7. The lowest BCUT2D eigenvalue weighted by atomic mass is 10.0. The number of carbonyl (C=O) groups is 1. The summed E-state index contributed by atoms with van der Waals surface area (Å²) in [6, 6.07) is 13.0. The van der Waals surface area contributed by atoms with E-state index in [2.05, 4.69) is 9.97 Å². The Bertz CT molecular complexity index is 1560. The van der Waals surface area contributed by atoms with Crippen LogP contribution in [0.25, 0.3) is 10.2 Å². The van der Waals surface area contributed by atoms with Crippen molar-refractivity contribution in [3.05, 3.63) is 83.7 Å². The van der Waals surface area contributed by atoms with Crippen LogP contribution in [-0.4, -0.2) is 41.2 Å². The van der Waals surface area contributed by atoms with Gasteiger partial charge in [-0.05, 0) is 61.7 Å². The summed E-state index contributed by atoms with van der Waals surface area (Å²) in [5.41, 5.74) is 0.775. The molecule has 0 saturated carbocycles. The molecule has 0 bridgehead atoms. The first kappa shape index (κ1) is 26.3. The van der Waals surface area contributed by atoms with Crippen molar-refractivity contribution in [1.82, 2.24) is 14.3 Å². The van der Waals surface area contributed by atoms with Crippen LogP contribution in [0.3, 0.4) is 0 Å². The lowest BCUT2D eigenvalue weighted by Gasteiger charge is -2.34. The molecule has 1 saturated heterocycles. The smallest absolute Gasteiger partial charge is 0.260 e. The molecular weight excluding hydrogens is 530 g/mol. The monoisotopic (exact) mass is 556 g/mol. The number of anilines is 1. The second kappa shape index (κ2) is 10.8. The van der Waals surface area contributed by atoms with Crippen LogP contribution >= 0.6 is 11.3 Å². The Morgan fingerprint density at radius 3 is 2.63 bits per heavy atom. The molecule has 198 valence electrons. The van der Waals surface area contributed by atoms with Crippen LogP contribution in [0, 0.1) is 11.6 Å². The maximum absolute atomic E-state index is 14.4. The number of hydrogen-bond donors (Lipinski definition) is 0. The van der Waals surface area contributed by atoms with Crippen LogP contribution in [-0.2, 0) is 16.6 Å². The summed E-state index contributed by atoms with van der Waals surface area (Å²) in [6.45, 7) is 2.50. The molecule has 2 aromatic carbocycles. The highest BCUT2D eigenvalue weighted by Gasteiger charge is 2.33. The van der Waals surface area contributed by atoms with Crippen LogP contribution in [0.5, 0.6) is 0 Å². The van der Waals surface area contributed by atoms with Crippen LogP contribution in [0.15, 0.2) is 65.7 Å². The quantitative estimate of drug-likeness (QED) is 0.289. The SMILES string of the molecule is CCC1CCCCN1S(=O)(=O)c1ccc(C(=O)N(Cc2ccccn2)c2nc3c(F)cc(F)cc3s2)cc1. The molecule has 0 aliphatic carbocycles. The lowest BCUT2D eigenvalue weighted by Crippen LogP contribution is -2.43. The average Bonchev–Trinajstić information content (AvgIpc) is 3.36. The number of hydrogen-bond acceptors (Lipinski definition) is 6. The molecule has 11 heteroatoms. The number of carbonyl (C=O) groups excluding carboxylic acids is 1. The molecule has 2 aromatic heterocycles. The Morgan fingerprint density at radius 1 is 1.13 bits per heavy atom. The second-order valence-electron chi connectivity index (χ2n) is 9.14. The molecular formula is C27H26F2N4O3S2. The van der Waals surface area contributed by atoms with E-state index in [1.165, 1.54) is 35.2 Å². The van der Waals surface area contributed by atoms with Crippen molar-refractivity contribution < 1.29 is 22.0 Å². The van der Waals surface area contributed by atoms with Gasteiger partial charge in [-0.1, -0.05) is 30.7 Å². The Balaban J connectivity index is 1.48. The van der Waals surface area contributed by atoms with Gasteiger partial charge in [0.15, 0.2) is 10.9 Å². The molecule has 1 aliphatic rings. The van der Waals surface area contributed by atoms with Crippen molar-refractivity contribution in [1.29, 1.82) is 0 Å². The number of aromatic nitrogens is 2. The zero-order chi connectivity index (χ0) is 26.9. The van der Waals surface area contributed by atoms with E-state index in [9.17, 15) is 22.0 Å². The van der Waals surface area contributed by atoms with Crippen molar-refractivity contribution in [2.45, 2.75) is 50.1 Å². The molecule has 0 spiro atoms. The van der Waals surface area contributed by atoms with Gasteiger partial charge in [0.2, 0.25) is 10.0 Å². The van der Waals surface area contributed by atoms with Gasteiger partial charge in [0, 0.05) is 30.4 Å². The first-order valence-electron chi connectivity index (χ1n) is 12.4. The topological polar surface area (TPSA) is 83.5 Å². The van der Waals surface area contributed by atoms with Crippen LogP contribution < -0.4 is 4.90 Å². The number of pyridine rings is 1. The predicted octanol–water partition coefficient (Wildman–Crippen LogP) is 5.77. The number of rotatable bonds is 7. The highest BCUT2D eigenvalue weighted by molar-refractivity contribution is 7.89. The van der Waals surface area contributed by atoms with Gasteiger partial charge in [0.25, 0.3) is 5.91 Å². The van der Waals surface area contributed by atoms with E-state index in [0.717, 1.165) is 43.1 Å². The van der Waals surface area contributed by atoms with Crippen molar-refractivity contribution in [2.24, 2.45) is 0 Å². The maximum Gasteiger partial charge on any atom is 0.260 e. The van der Waals surface area contributed by atoms with Gasteiger partial charge in [-0.2, -0.15) is 4.31 Å². The van der Waals surface area contributed by atoms with Gasteiger partial charge in [0.05, 0.1) is 21.8 Å². The molecule has 4 aromatic rings. The molecule has 1 atom stereocenters. The number of sulfonamides is 1. The van der Waals surface area contributed by atoms with E-state index in [4.69, 9.17) is 0 Å². The summed E-state index contributed by atoms with van der Waals surface area (Å²) < 4.78 is 56.7. The summed E-state index contributed by atoms with van der Waals surface area (Å²) in [5, 5.41) is 0.177. The number of amides is 1. The minimum absolute atomic E-state index is 0.0290. The van der Waals surface area contributed by atoms with Crippen molar-refractivity contribution in [2.75, 3.05) is 11.4 Å². The third-order valence-corrected chi connectivity index (χ3v) is 9.67. The minimum Gasteiger partial charge on any atom is -0.278 e. The van der Waals surface area contributed by atoms with Crippen LogP contribution in [0.1, 0.15) is 48.7 Å². The van der Waals surface area contributed by atoms with Gasteiger partial charge in [-0.3, -0.25) is 14.7 Å². The highest BCUT2D eigenvalue weighted by Crippen LogP contribution is 2.33. The fraction of sp³-hybridized carbons (Fsp3) is 0.296. The Hall–Kier alpha value is -3.28. The number of halogens is 2. The molecule has 1 aliphatic heterocycles. The fourth-order valence-electron chi connectivity index (χ4n) is 4.70. The fourth-order valence-corrected chi connectivity index (χ4v) is 7.47. The third kappa shape index (κ3) is 5.18. The lowest BCUT2D eigenvalue weighted by molar-refractivity contribution is 0.0984. The van der Waals surface area contributed by atoms with E-state index in [1.807, 2.05) is 6.92 Å².